The minimum atomic E-state index is -2.59. The van der Waals surface area contributed by atoms with Gasteiger partial charge >= 0.3 is 5.97 Å². The van der Waals surface area contributed by atoms with E-state index in [-0.39, 0.29) is 12.1 Å². The fraction of sp³-hybridized carbons (Fsp3) is 0.333. The molecule has 0 atom stereocenters. The van der Waals surface area contributed by atoms with Crippen molar-refractivity contribution < 1.29 is 18.3 Å². The maximum Gasteiger partial charge on any atom is 0.310 e. The summed E-state index contributed by atoms with van der Waals surface area (Å²) in [4.78, 5) is 14.5. The second kappa shape index (κ2) is 5.34. The van der Waals surface area contributed by atoms with Crippen molar-refractivity contribution in [1.82, 2.24) is 4.98 Å². The molecule has 0 N–H and O–H groups in total. The Morgan fingerprint density at radius 1 is 1.67 bits per heavy atom. The van der Waals surface area contributed by atoms with E-state index in [1.165, 1.54) is 19.4 Å². The number of alkyl halides is 2. The SMILES string of the molecule is COC(=O)Cc1cnc(C(F)F)cc1I. The first-order valence-electron chi connectivity index (χ1n) is 4.04. The van der Waals surface area contributed by atoms with E-state index in [1.807, 2.05) is 22.6 Å². The summed E-state index contributed by atoms with van der Waals surface area (Å²) in [6.07, 6.45) is -1.27. The second-order valence-electron chi connectivity index (χ2n) is 2.75. The van der Waals surface area contributed by atoms with Crippen molar-refractivity contribution in [3.8, 4) is 0 Å². The van der Waals surface area contributed by atoms with E-state index in [9.17, 15) is 13.6 Å². The highest BCUT2D eigenvalue weighted by atomic mass is 127. The van der Waals surface area contributed by atoms with Crippen molar-refractivity contribution in [3.63, 3.8) is 0 Å². The fourth-order valence-electron chi connectivity index (χ4n) is 0.951. The summed E-state index contributed by atoms with van der Waals surface area (Å²) in [5.41, 5.74) is 0.305. The molecule has 0 radical (unpaired) electrons. The summed E-state index contributed by atoms with van der Waals surface area (Å²) in [6.45, 7) is 0. The van der Waals surface area contributed by atoms with E-state index in [4.69, 9.17) is 0 Å². The number of nitrogens with zero attached hydrogens (tertiary/aromatic N) is 1. The number of carbonyl (C=O) groups is 1. The molecule has 0 saturated carbocycles. The number of ether oxygens (including phenoxy) is 1. The van der Waals surface area contributed by atoms with Gasteiger partial charge in [0.15, 0.2) is 0 Å². The third-order valence-electron chi connectivity index (χ3n) is 1.74. The molecule has 0 aliphatic heterocycles. The lowest BCUT2D eigenvalue weighted by atomic mass is 10.2. The minimum absolute atomic E-state index is 0.0469. The standard InChI is InChI=1S/C9H8F2INO2/c1-15-8(14)2-5-4-13-7(9(10)11)3-6(5)12/h3-4,9H,2H2,1H3. The topological polar surface area (TPSA) is 39.2 Å². The van der Waals surface area contributed by atoms with Crippen molar-refractivity contribution >= 4 is 28.6 Å². The summed E-state index contributed by atoms with van der Waals surface area (Å²) in [5, 5.41) is 0. The molecule has 0 aliphatic rings. The molecule has 0 fully saturated rings. The van der Waals surface area contributed by atoms with Gasteiger partial charge < -0.3 is 4.74 Å². The highest BCUT2D eigenvalue weighted by Crippen LogP contribution is 2.20. The van der Waals surface area contributed by atoms with Crippen LogP contribution >= 0.6 is 22.6 Å². The van der Waals surface area contributed by atoms with Crippen LogP contribution in [0.2, 0.25) is 0 Å². The summed E-state index contributed by atoms with van der Waals surface area (Å²) in [5.74, 6) is -0.417. The molecular weight excluding hydrogens is 319 g/mol. The van der Waals surface area contributed by atoms with E-state index in [0.717, 1.165) is 0 Å². The van der Waals surface area contributed by atoms with Crippen LogP contribution in [0.4, 0.5) is 8.78 Å². The number of methoxy groups -OCH3 is 1. The predicted octanol–water partition coefficient (Wildman–Crippen LogP) is 2.34. The number of rotatable bonds is 3. The van der Waals surface area contributed by atoms with Gasteiger partial charge in [0.2, 0.25) is 0 Å². The van der Waals surface area contributed by atoms with Crippen LogP contribution in [0.1, 0.15) is 17.7 Å². The molecule has 0 aliphatic carbocycles. The van der Waals surface area contributed by atoms with Crippen LogP contribution in [-0.2, 0) is 16.0 Å². The lowest BCUT2D eigenvalue weighted by Crippen LogP contribution is -2.07. The van der Waals surface area contributed by atoms with Crippen molar-refractivity contribution in [2.24, 2.45) is 0 Å². The van der Waals surface area contributed by atoms with E-state index in [2.05, 4.69) is 9.72 Å². The molecule has 0 unspecified atom stereocenters. The summed E-state index contributed by atoms with van der Waals surface area (Å²) < 4.78 is 29.6. The molecular formula is C9H8F2INO2. The lowest BCUT2D eigenvalue weighted by Gasteiger charge is -2.05. The summed E-state index contributed by atoms with van der Waals surface area (Å²) >= 11 is 1.89. The van der Waals surface area contributed by atoms with Gasteiger partial charge in [0.25, 0.3) is 6.43 Å². The van der Waals surface area contributed by atoms with Gasteiger partial charge in [-0.25, -0.2) is 8.78 Å². The third-order valence-corrected chi connectivity index (χ3v) is 2.74. The fourth-order valence-corrected chi connectivity index (χ4v) is 1.60. The Kier molecular flexibility index (Phi) is 4.37. The van der Waals surface area contributed by atoms with E-state index >= 15 is 0 Å². The van der Waals surface area contributed by atoms with Crippen molar-refractivity contribution in [2.45, 2.75) is 12.8 Å². The molecule has 0 bridgehead atoms. The zero-order valence-corrected chi connectivity index (χ0v) is 9.99. The van der Waals surface area contributed by atoms with Gasteiger partial charge in [-0.3, -0.25) is 9.78 Å². The molecule has 6 heteroatoms. The molecule has 82 valence electrons. The molecule has 15 heavy (non-hydrogen) atoms. The summed E-state index contributed by atoms with van der Waals surface area (Å²) in [7, 11) is 1.27. The smallest absolute Gasteiger partial charge is 0.310 e. The minimum Gasteiger partial charge on any atom is -0.469 e. The summed E-state index contributed by atoms with van der Waals surface area (Å²) in [6, 6.07) is 1.27. The second-order valence-corrected chi connectivity index (χ2v) is 3.92. The number of hydrogen-bond acceptors (Lipinski definition) is 3. The van der Waals surface area contributed by atoms with Gasteiger partial charge in [-0.2, -0.15) is 0 Å². The molecule has 1 aromatic heterocycles. The Balaban J connectivity index is 2.88. The van der Waals surface area contributed by atoms with Crippen molar-refractivity contribution in [3.05, 3.63) is 27.1 Å². The van der Waals surface area contributed by atoms with E-state index in [1.54, 1.807) is 0 Å². The van der Waals surface area contributed by atoms with E-state index in [0.29, 0.717) is 9.13 Å². The number of carbonyl (C=O) groups excluding carboxylic acids is 1. The number of aromatic nitrogens is 1. The molecule has 1 aromatic rings. The van der Waals surface area contributed by atoms with Crippen LogP contribution in [0.3, 0.4) is 0 Å². The van der Waals surface area contributed by atoms with Gasteiger partial charge in [0, 0.05) is 9.77 Å². The van der Waals surface area contributed by atoms with Gasteiger partial charge in [-0.1, -0.05) is 0 Å². The van der Waals surface area contributed by atoms with Crippen LogP contribution < -0.4 is 0 Å². The molecule has 0 aromatic carbocycles. The van der Waals surface area contributed by atoms with Crippen LogP contribution in [0.15, 0.2) is 12.3 Å². The maximum atomic E-state index is 12.2. The Morgan fingerprint density at radius 3 is 2.80 bits per heavy atom. The lowest BCUT2D eigenvalue weighted by molar-refractivity contribution is -0.139. The molecule has 1 rings (SSSR count). The van der Waals surface area contributed by atoms with Crippen LogP contribution in [0.25, 0.3) is 0 Å². The first-order valence-corrected chi connectivity index (χ1v) is 5.11. The number of pyridine rings is 1. The molecule has 0 amide bonds. The third kappa shape index (κ3) is 3.37. The van der Waals surface area contributed by atoms with Crippen LogP contribution in [-0.4, -0.2) is 18.1 Å². The van der Waals surface area contributed by atoms with Gasteiger partial charge in [-0.05, 0) is 34.2 Å². The Bertz CT molecular complexity index is 371. The maximum absolute atomic E-state index is 12.2. The quantitative estimate of drug-likeness (QED) is 0.632. The van der Waals surface area contributed by atoms with Crippen LogP contribution in [0, 0.1) is 3.57 Å². The molecule has 0 saturated heterocycles. The first-order chi connectivity index (χ1) is 7.04. The van der Waals surface area contributed by atoms with E-state index < -0.39 is 12.4 Å². The van der Waals surface area contributed by atoms with Crippen LogP contribution in [0.5, 0.6) is 0 Å². The predicted molar refractivity (Wildman–Crippen MR) is 57.6 cm³/mol. The average molecular weight is 327 g/mol. The number of esters is 1. The van der Waals surface area contributed by atoms with Crippen molar-refractivity contribution in [1.29, 1.82) is 0 Å². The van der Waals surface area contributed by atoms with Crippen molar-refractivity contribution in [2.75, 3.05) is 7.11 Å². The number of hydrogen-bond donors (Lipinski definition) is 0. The Labute approximate surface area is 99.0 Å². The Hall–Kier alpha value is -0.790. The van der Waals surface area contributed by atoms with Gasteiger partial charge in [-0.15, -0.1) is 0 Å². The monoisotopic (exact) mass is 327 g/mol. The normalized spacial score (nSPS) is 10.5. The highest BCUT2D eigenvalue weighted by Gasteiger charge is 2.13. The molecule has 0 spiro atoms. The van der Waals surface area contributed by atoms with Gasteiger partial charge in [0.1, 0.15) is 5.69 Å². The first kappa shape index (κ1) is 12.3. The largest absolute Gasteiger partial charge is 0.469 e. The molecule has 1 heterocycles. The number of halogens is 3. The average Bonchev–Trinajstić information content (AvgIpc) is 2.20. The highest BCUT2D eigenvalue weighted by molar-refractivity contribution is 14.1. The van der Waals surface area contributed by atoms with Gasteiger partial charge in [0.05, 0.1) is 13.5 Å². The Morgan fingerprint density at radius 2 is 2.33 bits per heavy atom. The zero-order valence-electron chi connectivity index (χ0n) is 7.84. The molecule has 3 nitrogen and oxygen atoms in total. The zero-order chi connectivity index (χ0) is 11.4.